The number of halogens is 1. The Bertz CT molecular complexity index is 3120. The molecule has 11 nitrogen and oxygen atoms in total. The molecule has 4 N–H and O–H groups in total. The Morgan fingerprint density at radius 2 is 0.989 bits per heavy atom. The van der Waals surface area contributed by atoms with E-state index in [1.54, 1.807) is 37.4 Å². The van der Waals surface area contributed by atoms with Gasteiger partial charge < -0.3 is 29.7 Å². The zero-order valence-electron chi connectivity index (χ0n) is 54.4. The Kier molecular flexibility index (Phi) is 32.8. The third-order valence-corrected chi connectivity index (χ3v) is 18.3. The molecule has 0 radical (unpaired) electrons. The maximum Gasteiger partial charge on any atom is 0.488 e. The summed E-state index contributed by atoms with van der Waals surface area (Å²) in [4.78, 5) is 0. The average molecular weight is 1280 g/mol. The van der Waals surface area contributed by atoms with Crippen LogP contribution in [0, 0.1) is 25.2 Å². The van der Waals surface area contributed by atoms with Crippen molar-refractivity contribution in [1.29, 1.82) is 5.26 Å². The summed E-state index contributed by atoms with van der Waals surface area (Å²) in [6, 6.07) is 28.1. The van der Waals surface area contributed by atoms with E-state index in [0.29, 0.717) is 28.4 Å². The molecule has 3 unspecified atom stereocenters. The van der Waals surface area contributed by atoms with Gasteiger partial charge in [-0.2, -0.15) is 13.7 Å². The Balaban J connectivity index is 0.000000249. The number of nitriles is 1. The van der Waals surface area contributed by atoms with Gasteiger partial charge in [0.2, 0.25) is 0 Å². The first-order valence-electron chi connectivity index (χ1n) is 31.6. The maximum atomic E-state index is 10.5. The molecule has 0 saturated carbocycles. The van der Waals surface area contributed by atoms with Crippen LogP contribution in [-0.4, -0.2) is 64.2 Å². The van der Waals surface area contributed by atoms with Crippen molar-refractivity contribution in [3.05, 3.63) is 168 Å². The largest absolute Gasteiger partial charge is 0.507 e. The van der Waals surface area contributed by atoms with Gasteiger partial charge in [-0.15, -0.1) is 0 Å². The van der Waals surface area contributed by atoms with Crippen LogP contribution in [0.3, 0.4) is 0 Å². The number of benzene rings is 5. The molecule has 0 aliphatic heterocycles. The predicted molar refractivity (Wildman–Crippen MR) is 363 cm³/mol. The van der Waals surface area contributed by atoms with Crippen LogP contribution in [0.5, 0.6) is 23.0 Å². The van der Waals surface area contributed by atoms with Crippen molar-refractivity contribution in [1.82, 2.24) is 0 Å². The lowest BCUT2D eigenvalue weighted by atomic mass is 9.80. The summed E-state index contributed by atoms with van der Waals surface area (Å²) in [7, 11) is 0.705. The lowest BCUT2D eigenvalue weighted by Gasteiger charge is -2.27. The molecule has 14 heteroatoms. The number of methoxy groups -OCH3 is 2. The highest BCUT2D eigenvalue weighted by atomic mass is 79.9. The number of nitrogens with zero attached hydrogens (tertiary/aromatic N) is 1. The third kappa shape index (κ3) is 22.7. The van der Waals surface area contributed by atoms with E-state index in [-0.39, 0.29) is 17.4 Å². The van der Waals surface area contributed by atoms with Crippen molar-refractivity contribution in [2.75, 3.05) is 28.4 Å². The normalized spacial score (nSPS) is 16.3. The van der Waals surface area contributed by atoms with Crippen molar-refractivity contribution in [2.24, 2.45) is 0 Å². The summed E-state index contributed by atoms with van der Waals surface area (Å²) in [5.41, 5.74) is 17.4. The topological polar surface area (TPSA) is 176 Å². The van der Waals surface area contributed by atoms with Crippen LogP contribution in [-0.2, 0) is 38.0 Å². The van der Waals surface area contributed by atoms with Crippen molar-refractivity contribution < 1.29 is 46.5 Å². The SMILES string of the molecule is CCCCCc1cc(C)c(C2C=C(C)CCC2)c(OC)c1-c1ccccc1.CCCCCc1cc(C)c(C2C=C(C)CCC2)c(OC)c1Br.CCCCCc1cc(O)c(C2C=C(C)CCC2)c(O)c1C#N.COS(=O)(=O)OC.OB(O)c1ccccc1. The summed E-state index contributed by atoms with van der Waals surface area (Å²) >= 11 is 3.81. The second kappa shape index (κ2) is 38.7. The van der Waals surface area contributed by atoms with Gasteiger partial charge in [0.25, 0.3) is 0 Å². The number of aryl methyl sites for hydroxylation is 5. The molecule has 0 spiro atoms. The first-order chi connectivity index (χ1) is 41.7. The third-order valence-electron chi connectivity index (χ3n) is 16.6. The van der Waals surface area contributed by atoms with E-state index < -0.39 is 17.5 Å². The number of ether oxygens (including phenoxy) is 2. The molecule has 5 aromatic rings. The molecule has 5 aromatic carbocycles. The van der Waals surface area contributed by atoms with Crippen LogP contribution in [0.15, 0.2) is 118 Å². The van der Waals surface area contributed by atoms with Gasteiger partial charge in [-0.25, -0.2) is 0 Å². The second-order valence-corrected chi connectivity index (χ2v) is 25.7. The van der Waals surface area contributed by atoms with Crippen molar-refractivity contribution >= 4 is 38.9 Å². The fourth-order valence-electron chi connectivity index (χ4n) is 12.2. The quantitative estimate of drug-likeness (QED) is 0.0312. The summed E-state index contributed by atoms with van der Waals surface area (Å²) in [5.74, 6) is 3.24. The van der Waals surface area contributed by atoms with E-state index in [2.05, 4.69) is 146 Å². The van der Waals surface area contributed by atoms with Crippen LogP contribution in [0.25, 0.3) is 11.1 Å². The lowest BCUT2D eigenvalue weighted by Crippen LogP contribution is -2.29. The smallest absolute Gasteiger partial charge is 0.488 e. The highest BCUT2D eigenvalue weighted by Gasteiger charge is 2.28. The Labute approximate surface area is 532 Å². The first-order valence-corrected chi connectivity index (χ1v) is 33.8. The molecule has 474 valence electrons. The zero-order chi connectivity index (χ0) is 64.1. The number of allylic oxidation sites excluding steroid dienone is 6. The number of phenols is 2. The highest BCUT2D eigenvalue weighted by molar-refractivity contribution is 9.10. The van der Waals surface area contributed by atoms with Crippen molar-refractivity contribution in [3.8, 4) is 40.2 Å². The van der Waals surface area contributed by atoms with E-state index in [4.69, 9.17) is 19.5 Å². The van der Waals surface area contributed by atoms with Crippen molar-refractivity contribution in [3.63, 3.8) is 0 Å². The van der Waals surface area contributed by atoms with Crippen molar-refractivity contribution in [2.45, 2.75) is 208 Å². The standard InChI is InChI=1S/C26H34O.C20H29BrO.C19H25NO2.C6H7BO2.C2H6O4S/c1-5-6-8-15-23-18-20(3)24(22-16-11-12-19(2)17-22)26(27-4)25(23)21-13-9-7-10-14-21;1-5-6-7-10-17-13-15(3)18(20(22-4)19(17)21)16-11-8-9-14(2)12-16;1-3-4-5-8-14-11-17(21)18(19(22)16(14)12-20)15-9-6-7-13(2)10-15;8-7(9)6-4-2-1-3-5-6;1-5-7(3,4)6-2/h7,9-10,13-14,17-18,22H,5-6,8,11-12,15-16H2,1-4H3;12-13,16H,5-11H2,1-4H3;10-11,15,21-22H,3-9H2,1-2H3;1-5,8-9H;1-2H3. The van der Waals surface area contributed by atoms with Gasteiger partial charge >= 0.3 is 17.5 Å². The van der Waals surface area contributed by atoms with E-state index in [1.165, 1.54) is 143 Å². The first kappa shape index (κ1) is 73.8. The Morgan fingerprint density at radius 1 is 0.575 bits per heavy atom. The molecule has 0 heterocycles. The molecule has 8 rings (SSSR count). The molecule has 3 aliphatic rings. The molecule has 3 atom stereocenters. The number of rotatable bonds is 21. The molecule has 0 saturated heterocycles. The minimum absolute atomic E-state index is 0.00513. The molecule has 0 bridgehead atoms. The zero-order valence-corrected chi connectivity index (χ0v) is 56.8. The predicted octanol–water partition coefficient (Wildman–Crippen LogP) is 18.1. The number of aromatic hydroxyl groups is 2. The van der Waals surface area contributed by atoms with Gasteiger partial charge in [-0.3, -0.25) is 8.37 Å². The van der Waals surface area contributed by atoms with Gasteiger partial charge in [-0.1, -0.05) is 167 Å². The van der Waals surface area contributed by atoms with E-state index in [0.717, 1.165) is 89.1 Å². The minimum atomic E-state index is -3.66. The van der Waals surface area contributed by atoms with E-state index in [1.807, 2.05) is 13.2 Å². The molecular formula is C73H101BBrNO10S. The molecule has 87 heavy (non-hydrogen) atoms. The molecule has 0 fully saturated rings. The average Bonchev–Trinajstić information content (AvgIpc) is 0.921. The van der Waals surface area contributed by atoms with E-state index >= 15 is 0 Å². The van der Waals surface area contributed by atoms with Gasteiger partial charge in [0.1, 0.15) is 29.1 Å². The maximum absolute atomic E-state index is 10.5. The molecule has 3 aliphatic carbocycles. The van der Waals surface area contributed by atoms with Crippen LogP contribution in [0.1, 0.15) is 225 Å². The fraction of sp³-hybridized carbons (Fsp3) is 0.493. The minimum Gasteiger partial charge on any atom is -0.507 e. The number of hydrogen-bond donors (Lipinski definition) is 4. The number of hydrogen-bond acceptors (Lipinski definition) is 11. The number of phenolic OH excluding ortho intramolecular Hbond substituents is 2. The Morgan fingerprint density at radius 3 is 1.38 bits per heavy atom. The highest BCUT2D eigenvalue weighted by Crippen LogP contribution is 2.47. The van der Waals surface area contributed by atoms with Crippen LogP contribution in [0.2, 0.25) is 0 Å². The van der Waals surface area contributed by atoms with Crippen LogP contribution >= 0.6 is 15.9 Å². The summed E-state index contributed by atoms with van der Waals surface area (Å²) in [6.07, 6.45) is 31.2. The fourth-order valence-corrected chi connectivity index (χ4v) is 13.0. The lowest BCUT2D eigenvalue weighted by molar-refractivity contribution is 0.286. The van der Waals surface area contributed by atoms with Crippen LogP contribution < -0.4 is 14.9 Å². The monoisotopic (exact) mass is 1270 g/mol. The summed E-state index contributed by atoms with van der Waals surface area (Å²) < 4.78 is 40.6. The summed E-state index contributed by atoms with van der Waals surface area (Å²) in [6.45, 7) is 17.8. The van der Waals surface area contributed by atoms with Gasteiger partial charge in [0.15, 0.2) is 0 Å². The molecule has 0 aromatic heterocycles. The molecule has 0 amide bonds. The van der Waals surface area contributed by atoms with Crippen LogP contribution in [0.4, 0.5) is 0 Å². The number of unbranched alkanes of at least 4 members (excludes halogenated alkanes) is 6. The molecular weight excluding hydrogens is 1170 g/mol. The summed E-state index contributed by atoms with van der Waals surface area (Å²) in [5, 5.41) is 47.5. The van der Waals surface area contributed by atoms with Gasteiger partial charge in [-0.05, 0) is 192 Å². The van der Waals surface area contributed by atoms with Gasteiger partial charge in [0.05, 0.1) is 38.5 Å². The van der Waals surface area contributed by atoms with Gasteiger partial charge in [0, 0.05) is 40.0 Å². The van der Waals surface area contributed by atoms with E-state index in [9.17, 15) is 23.9 Å². The second-order valence-electron chi connectivity index (χ2n) is 23.4. The Hall–Kier alpha value is -5.66.